The molecule has 0 saturated carbocycles. The minimum atomic E-state index is -0.0720. The molecule has 0 aliphatic carbocycles. The molecule has 0 heterocycles. The van der Waals surface area contributed by atoms with Gasteiger partial charge in [0.05, 0.1) is 14.2 Å². The number of rotatable bonds is 5. The number of anilines is 1. The van der Waals surface area contributed by atoms with Crippen LogP contribution in [0.2, 0.25) is 0 Å². The smallest absolute Gasteiger partial charge is 0.221 e. The quantitative estimate of drug-likeness (QED) is 0.917. The Kier molecular flexibility index (Phi) is 4.82. The van der Waals surface area contributed by atoms with Crippen molar-refractivity contribution >= 4 is 11.6 Å². The average Bonchev–Trinajstić information content (AvgIpc) is 2.48. The molecule has 0 fully saturated rings. The van der Waals surface area contributed by atoms with Crippen LogP contribution in [0.5, 0.6) is 11.5 Å². The number of amides is 1. The highest BCUT2D eigenvalue weighted by atomic mass is 16.5. The number of hydrogen-bond acceptors (Lipinski definition) is 3. The number of benzene rings is 2. The van der Waals surface area contributed by atoms with Gasteiger partial charge in [0.15, 0.2) is 0 Å². The zero-order chi connectivity index (χ0) is 15.2. The fourth-order valence-electron chi connectivity index (χ4n) is 2.15. The lowest BCUT2D eigenvalue weighted by Crippen LogP contribution is -2.05. The van der Waals surface area contributed by atoms with Crippen molar-refractivity contribution in [1.82, 2.24) is 0 Å². The van der Waals surface area contributed by atoms with E-state index in [-0.39, 0.29) is 5.91 Å². The maximum Gasteiger partial charge on any atom is 0.221 e. The van der Waals surface area contributed by atoms with Gasteiger partial charge in [-0.05, 0) is 35.9 Å². The molecule has 4 heteroatoms. The van der Waals surface area contributed by atoms with Crippen LogP contribution < -0.4 is 14.8 Å². The van der Waals surface area contributed by atoms with E-state index in [2.05, 4.69) is 5.32 Å². The summed E-state index contributed by atoms with van der Waals surface area (Å²) in [5, 5.41) is 2.75. The summed E-state index contributed by atoms with van der Waals surface area (Å²) >= 11 is 0. The van der Waals surface area contributed by atoms with Gasteiger partial charge >= 0.3 is 0 Å². The second-order valence-corrected chi connectivity index (χ2v) is 4.73. The van der Waals surface area contributed by atoms with Gasteiger partial charge in [0.2, 0.25) is 5.91 Å². The van der Waals surface area contributed by atoms with Crippen molar-refractivity contribution < 1.29 is 14.3 Å². The summed E-state index contributed by atoms with van der Waals surface area (Å²) in [5.74, 6) is 1.57. The third-order valence-electron chi connectivity index (χ3n) is 3.16. The number of hydrogen-bond donors (Lipinski definition) is 1. The van der Waals surface area contributed by atoms with E-state index in [1.165, 1.54) is 6.92 Å². The Morgan fingerprint density at radius 2 is 1.76 bits per heavy atom. The van der Waals surface area contributed by atoms with Gasteiger partial charge in [-0.3, -0.25) is 4.79 Å². The summed E-state index contributed by atoms with van der Waals surface area (Å²) in [5.41, 5.74) is 2.99. The van der Waals surface area contributed by atoms with Crippen LogP contribution in [0.15, 0.2) is 42.5 Å². The number of carbonyl (C=O) groups excluding carboxylic acids is 1. The third-order valence-corrected chi connectivity index (χ3v) is 3.16. The Balaban J connectivity index is 2.19. The van der Waals surface area contributed by atoms with E-state index in [0.29, 0.717) is 0 Å². The molecule has 2 rings (SSSR count). The SMILES string of the molecule is COc1ccc(OC)c(Cc2ccc(NC(C)=O)cc2)c1. The van der Waals surface area contributed by atoms with Crippen LogP contribution in [-0.2, 0) is 11.2 Å². The first-order valence-electron chi connectivity index (χ1n) is 6.70. The third kappa shape index (κ3) is 3.99. The predicted octanol–water partition coefficient (Wildman–Crippen LogP) is 3.25. The summed E-state index contributed by atoms with van der Waals surface area (Å²) in [6, 6.07) is 13.5. The maximum atomic E-state index is 11.0. The van der Waals surface area contributed by atoms with E-state index in [4.69, 9.17) is 9.47 Å². The molecule has 0 bridgehead atoms. The summed E-state index contributed by atoms with van der Waals surface area (Å²) in [6.07, 6.45) is 0.737. The van der Waals surface area contributed by atoms with Gasteiger partial charge in [-0.1, -0.05) is 12.1 Å². The lowest BCUT2D eigenvalue weighted by Gasteiger charge is -2.11. The van der Waals surface area contributed by atoms with E-state index in [9.17, 15) is 4.79 Å². The Hall–Kier alpha value is -2.49. The normalized spacial score (nSPS) is 10.0. The van der Waals surface area contributed by atoms with Crippen molar-refractivity contribution in [2.75, 3.05) is 19.5 Å². The summed E-state index contributed by atoms with van der Waals surface area (Å²) in [6.45, 7) is 1.50. The van der Waals surface area contributed by atoms with Gasteiger partial charge < -0.3 is 14.8 Å². The summed E-state index contributed by atoms with van der Waals surface area (Å²) in [4.78, 5) is 11.0. The number of methoxy groups -OCH3 is 2. The summed E-state index contributed by atoms with van der Waals surface area (Å²) < 4.78 is 10.6. The zero-order valence-electron chi connectivity index (χ0n) is 12.5. The number of carbonyl (C=O) groups is 1. The zero-order valence-corrected chi connectivity index (χ0v) is 12.5. The molecule has 0 radical (unpaired) electrons. The highest BCUT2D eigenvalue weighted by Crippen LogP contribution is 2.26. The molecule has 0 saturated heterocycles. The largest absolute Gasteiger partial charge is 0.497 e. The lowest BCUT2D eigenvalue weighted by molar-refractivity contribution is -0.114. The van der Waals surface area contributed by atoms with Crippen molar-refractivity contribution in [3.63, 3.8) is 0 Å². The molecule has 0 aliphatic heterocycles. The first-order valence-corrected chi connectivity index (χ1v) is 6.70. The Morgan fingerprint density at radius 1 is 1.05 bits per heavy atom. The van der Waals surface area contributed by atoms with Crippen molar-refractivity contribution in [3.05, 3.63) is 53.6 Å². The number of nitrogens with one attached hydrogen (secondary N) is 1. The molecule has 0 aliphatic rings. The van der Waals surface area contributed by atoms with Crippen LogP contribution in [0.4, 0.5) is 5.69 Å². The second kappa shape index (κ2) is 6.79. The minimum absolute atomic E-state index is 0.0720. The molecule has 1 amide bonds. The molecular formula is C17H19NO3. The molecule has 21 heavy (non-hydrogen) atoms. The fourth-order valence-corrected chi connectivity index (χ4v) is 2.15. The minimum Gasteiger partial charge on any atom is -0.497 e. The average molecular weight is 285 g/mol. The van der Waals surface area contributed by atoms with E-state index < -0.39 is 0 Å². The predicted molar refractivity (Wildman–Crippen MR) is 83.1 cm³/mol. The monoisotopic (exact) mass is 285 g/mol. The van der Waals surface area contributed by atoms with Gasteiger partial charge in [-0.25, -0.2) is 0 Å². The molecule has 0 unspecified atom stereocenters. The first-order chi connectivity index (χ1) is 10.1. The Morgan fingerprint density at radius 3 is 2.33 bits per heavy atom. The van der Waals surface area contributed by atoms with Crippen molar-refractivity contribution in [2.24, 2.45) is 0 Å². The maximum absolute atomic E-state index is 11.0. The Labute approximate surface area is 124 Å². The fraction of sp³-hybridized carbons (Fsp3) is 0.235. The second-order valence-electron chi connectivity index (χ2n) is 4.73. The van der Waals surface area contributed by atoms with Gasteiger partial charge in [0.25, 0.3) is 0 Å². The molecule has 2 aromatic carbocycles. The first kappa shape index (κ1) is 14.9. The van der Waals surface area contributed by atoms with Gasteiger partial charge in [-0.2, -0.15) is 0 Å². The molecule has 0 atom stereocenters. The van der Waals surface area contributed by atoms with Crippen LogP contribution in [0.3, 0.4) is 0 Å². The molecular weight excluding hydrogens is 266 g/mol. The topological polar surface area (TPSA) is 47.6 Å². The van der Waals surface area contributed by atoms with E-state index in [1.807, 2.05) is 42.5 Å². The highest BCUT2D eigenvalue weighted by molar-refractivity contribution is 5.88. The lowest BCUT2D eigenvalue weighted by atomic mass is 10.0. The van der Waals surface area contributed by atoms with Crippen molar-refractivity contribution in [2.45, 2.75) is 13.3 Å². The van der Waals surface area contributed by atoms with Gasteiger partial charge in [-0.15, -0.1) is 0 Å². The van der Waals surface area contributed by atoms with E-state index in [1.54, 1.807) is 14.2 Å². The highest BCUT2D eigenvalue weighted by Gasteiger charge is 2.06. The van der Waals surface area contributed by atoms with Gasteiger partial charge in [0.1, 0.15) is 11.5 Å². The van der Waals surface area contributed by atoms with E-state index in [0.717, 1.165) is 34.7 Å². The number of ether oxygens (including phenoxy) is 2. The Bertz CT molecular complexity index is 620. The van der Waals surface area contributed by atoms with Crippen LogP contribution >= 0.6 is 0 Å². The van der Waals surface area contributed by atoms with Crippen LogP contribution in [0.25, 0.3) is 0 Å². The van der Waals surface area contributed by atoms with Gasteiger partial charge in [0, 0.05) is 24.6 Å². The van der Waals surface area contributed by atoms with Crippen LogP contribution in [0, 0.1) is 0 Å². The molecule has 0 spiro atoms. The summed E-state index contributed by atoms with van der Waals surface area (Å²) in [7, 11) is 3.30. The molecule has 110 valence electrons. The molecule has 4 nitrogen and oxygen atoms in total. The van der Waals surface area contributed by atoms with Crippen LogP contribution in [-0.4, -0.2) is 20.1 Å². The molecule has 1 N–H and O–H groups in total. The molecule has 0 aromatic heterocycles. The standard InChI is InChI=1S/C17H19NO3/c1-12(19)18-15-6-4-13(5-7-15)10-14-11-16(20-2)8-9-17(14)21-3/h4-9,11H,10H2,1-3H3,(H,18,19). The molecule has 2 aromatic rings. The van der Waals surface area contributed by atoms with Crippen molar-refractivity contribution in [3.8, 4) is 11.5 Å². The van der Waals surface area contributed by atoms with Crippen molar-refractivity contribution in [1.29, 1.82) is 0 Å². The van der Waals surface area contributed by atoms with E-state index >= 15 is 0 Å². The van der Waals surface area contributed by atoms with Crippen LogP contribution in [0.1, 0.15) is 18.1 Å².